The number of ether oxygens (including phenoxy) is 1. The van der Waals surface area contributed by atoms with Gasteiger partial charge in [0.2, 0.25) is 0 Å². The zero-order chi connectivity index (χ0) is 32.8. The van der Waals surface area contributed by atoms with Gasteiger partial charge in [0.15, 0.2) is 0 Å². The van der Waals surface area contributed by atoms with Gasteiger partial charge in [0.1, 0.15) is 17.7 Å². The van der Waals surface area contributed by atoms with E-state index < -0.39 is 16.1 Å². The summed E-state index contributed by atoms with van der Waals surface area (Å²) in [5.74, 6) is 1.78. The number of nitrogens with two attached hydrogens (primary N) is 1. The van der Waals surface area contributed by atoms with Crippen LogP contribution in [0.4, 0.5) is 11.5 Å². The molecule has 2 aromatic heterocycles. The Balaban J connectivity index is 1.01. The molecule has 47 heavy (non-hydrogen) atoms. The van der Waals surface area contributed by atoms with Gasteiger partial charge in [-0.25, -0.2) is 18.2 Å². The van der Waals surface area contributed by atoms with E-state index in [0.29, 0.717) is 61.0 Å². The smallest absolute Gasteiger partial charge is 0.368 e. The van der Waals surface area contributed by atoms with Crippen molar-refractivity contribution in [3.8, 4) is 11.4 Å². The maximum atomic E-state index is 13.2. The molecule has 0 bridgehead atoms. The predicted molar refractivity (Wildman–Crippen MR) is 178 cm³/mol. The molecule has 1 aliphatic heterocycles. The molecular weight excluding hydrogens is 620 g/mol. The summed E-state index contributed by atoms with van der Waals surface area (Å²) in [7, 11) is -3.87. The molecule has 14 heteroatoms. The van der Waals surface area contributed by atoms with Crippen molar-refractivity contribution in [1.82, 2.24) is 30.1 Å². The highest BCUT2D eigenvalue weighted by Crippen LogP contribution is 2.31. The fraction of sp³-hybridized carbons (Fsp3) is 0.455. The van der Waals surface area contributed by atoms with E-state index in [9.17, 15) is 18.3 Å². The molecule has 0 amide bonds. The maximum absolute atomic E-state index is 13.2. The highest BCUT2D eigenvalue weighted by molar-refractivity contribution is 7.92. The summed E-state index contributed by atoms with van der Waals surface area (Å²) in [4.78, 5) is 17.0. The molecule has 1 fully saturated rings. The van der Waals surface area contributed by atoms with Crippen molar-refractivity contribution in [2.24, 2.45) is 5.92 Å². The van der Waals surface area contributed by atoms with E-state index in [0.717, 1.165) is 24.3 Å². The fourth-order valence-corrected chi connectivity index (χ4v) is 7.42. The summed E-state index contributed by atoms with van der Waals surface area (Å²) in [5.41, 5.74) is 7.65. The number of fused-ring (bicyclic) bond motifs is 1. The third-order valence-corrected chi connectivity index (χ3v) is 10.4. The van der Waals surface area contributed by atoms with E-state index in [1.807, 2.05) is 0 Å². The number of aryl methyl sites for hydroxylation is 2. The Morgan fingerprint density at radius 3 is 2.60 bits per heavy atom. The number of rotatable bonds is 13. The summed E-state index contributed by atoms with van der Waals surface area (Å²) >= 11 is 0. The summed E-state index contributed by atoms with van der Waals surface area (Å²) in [6.07, 6.45) is 10.5. The van der Waals surface area contributed by atoms with E-state index in [-0.39, 0.29) is 16.7 Å². The number of pyridine rings is 1. The standard InChI is InChI=1S/C33H42N8O5S/c34-32-17-9-25(20-36-32)30(42)22-35-21-28-14-8-24-19-29(15-16-31(24)46-28)47(44,45)37-26-10-12-27(13-11-26)41-33(43)40(38-39-41)18-4-7-23-5-2-1-3-6-23/h9-13,15-17,19-20,23,28,30,35,37,42H,1-8,14,18,21-22H2,(H2,34,36). The molecule has 0 spiro atoms. The van der Waals surface area contributed by atoms with Crippen LogP contribution in [-0.4, -0.2) is 57.5 Å². The molecule has 250 valence electrons. The Morgan fingerprint density at radius 2 is 1.83 bits per heavy atom. The minimum absolute atomic E-state index is 0.117. The minimum Gasteiger partial charge on any atom is -0.489 e. The van der Waals surface area contributed by atoms with Crippen molar-refractivity contribution >= 4 is 21.5 Å². The van der Waals surface area contributed by atoms with Gasteiger partial charge in [-0.1, -0.05) is 38.2 Å². The lowest BCUT2D eigenvalue weighted by Gasteiger charge is -2.27. The van der Waals surface area contributed by atoms with Crippen LogP contribution in [0.3, 0.4) is 0 Å². The van der Waals surface area contributed by atoms with Gasteiger partial charge in [-0.3, -0.25) is 4.72 Å². The highest BCUT2D eigenvalue weighted by Gasteiger charge is 2.23. The van der Waals surface area contributed by atoms with E-state index in [2.05, 4.69) is 25.4 Å². The average molecular weight is 663 g/mol. The Hall–Kier alpha value is -4.27. The van der Waals surface area contributed by atoms with Crippen LogP contribution in [0, 0.1) is 5.92 Å². The van der Waals surface area contributed by atoms with Crippen LogP contribution in [-0.2, 0) is 23.0 Å². The first kappa shape index (κ1) is 32.7. The number of hydrogen-bond donors (Lipinski definition) is 4. The molecule has 2 aromatic carbocycles. The summed E-state index contributed by atoms with van der Waals surface area (Å²) in [6, 6.07) is 14.7. The number of nitrogen functional groups attached to an aromatic ring is 1. The molecule has 2 aliphatic rings. The Labute approximate surface area is 274 Å². The molecule has 6 rings (SSSR count). The van der Waals surface area contributed by atoms with Crippen LogP contribution < -0.4 is 26.2 Å². The van der Waals surface area contributed by atoms with Crippen molar-refractivity contribution < 1.29 is 18.3 Å². The summed E-state index contributed by atoms with van der Waals surface area (Å²) < 4.78 is 37.8. The van der Waals surface area contributed by atoms with Crippen molar-refractivity contribution in [3.05, 3.63) is 82.4 Å². The fourth-order valence-electron chi connectivity index (χ4n) is 6.31. The lowest BCUT2D eigenvalue weighted by atomic mass is 9.86. The molecule has 1 aliphatic carbocycles. The lowest BCUT2D eigenvalue weighted by molar-refractivity contribution is 0.146. The van der Waals surface area contributed by atoms with Crippen LogP contribution in [0.15, 0.2) is 70.5 Å². The van der Waals surface area contributed by atoms with Gasteiger partial charge in [0.05, 0.1) is 16.7 Å². The first-order chi connectivity index (χ1) is 22.7. The quantitative estimate of drug-likeness (QED) is 0.165. The number of aliphatic hydroxyl groups is 1. The van der Waals surface area contributed by atoms with Crippen LogP contribution in [0.25, 0.3) is 5.69 Å². The summed E-state index contributed by atoms with van der Waals surface area (Å²) in [6.45, 7) is 1.39. The minimum atomic E-state index is -3.87. The predicted octanol–water partition coefficient (Wildman–Crippen LogP) is 3.58. The van der Waals surface area contributed by atoms with Gasteiger partial charge in [-0.2, -0.15) is 9.36 Å². The van der Waals surface area contributed by atoms with Crippen LogP contribution in [0.2, 0.25) is 0 Å². The van der Waals surface area contributed by atoms with Gasteiger partial charge in [-0.15, -0.1) is 0 Å². The third-order valence-electron chi connectivity index (χ3n) is 8.99. The molecule has 4 aromatic rings. The van der Waals surface area contributed by atoms with Gasteiger partial charge in [0.25, 0.3) is 10.0 Å². The van der Waals surface area contributed by atoms with Crippen LogP contribution in [0.1, 0.15) is 68.6 Å². The zero-order valence-corrected chi connectivity index (χ0v) is 27.1. The Kier molecular flexibility index (Phi) is 10.2. The zero-order valence-electron chi connectivity index (χ0n) is 26.3. The van der Waals surface area contributed by atoms with E-state index in [1.54, 1.807) is 54.7 Å². The van der Waals surface area contributed by atoms with Crippen LogP contribution >= 0.6 is 0 Å². The second-order valence-corrected chi connectivity index (χ2v) is 14.1. The number of nitrogens with one attached hydrogen (secondary N) is 2. The largest absolute Gasteiger partial charge is 0.489 e. The van der Waals surface area contributed by atoms with Crippen molar-refractivity contribution in [1.29, 1.82) is 0 Å². The lowest BCUT2D eigenvalue weighted by Crippen LogP contribution is -2.36. The Bertz CT molecular complexity index is 1800. The monoisotopic (exact) mass is 662 g/mol. The second-order valence-electron chi connectivity index (χ2n) is 12.4. The molecule has 0 saturated heterocycles. The molecular formula is C33H42N8O5S. The van der Waals surface area contributed by atoms with Crippen molar-refractivity contribution in [3.63, 3.8) is 0 Å². The number of tetrazole rings is 1. The maximum Gasteiger partial charge on any atom is 0.368 e. The van der Waals surface area contributed by atoms with E-state index in [1.165, 1.54) is 47.5 Å². The molecule has 0 radical (unpaired) electrons. The van der Waals surface area contributed by atoms with Crippen molar-refractivity contribution in [2.75, 3.05) is 23.5 Å². The summed E-state index contributed by atoms with van der Waals surface area (Å²) in [5, 5.41) is 21.7. The average Bonchev–Trinajstić information content (AvgIpc) is 3.45. The first-order valence-corrected chi connectivity index (χ1v) is 17.8. The topological polar surface area (TPSA) is 179 Å². The highest BCUT2D eigenvalue weighted by atomic mass is 32.2. The number of aromatic nitrogens is 5. The molecule has 13 nitrogen and oxygen atoms in total. The van der Waals surface area contributed by atoms with Crippen molar-refractivity contribution in [2.45, 2.75) is 81.4 Å². The SMILES string of the molecule is Nc1ccc(C(O)CNCC2CCc3cc(S(=O)(=O)Nc4ccc(-n5nnn(CCCC6CCCCC6)c5=O)cc4)ccc3O2)cn1. The number of benzene rings is 2. The number of aliphatic hydroxyl groups excluding tert-OH is 1. The number of nitrogens with zero attached hydrogens (tertiary/aromatic N) is 5. The van der Waals surface area contributed by atoms with Gasteiger partial charge in [0, 0.05) is 37.1 Å². The van der Waals surface area contributed by atoms with E-state index >= 15 is 0 Å². The molecule has 1 saturated carbocycles. The van der Waals surface area contributed by atoms with Gasteiger partial charge >= 0.3 is 5.69 Å². The normalized spacial score (nSPS) is 17.5. The number of anilines is 2. The van der Waals surface area contributed by atoms with Gasteiger partial charge < -0.3 is 20.9 Å². The van der Waals surface area contributed by atoms with Crippen LogP contribution in [0.5, 0.6) is 5.75 Å². The molecule has 2 unspecified atom stereocenters. The second kappa shape index (κ2) is 14.7. The van der Waals surface area contributed by atoms with E-state index in [4.69, 9.17) is 10.5 Å². The third kappa shape index (κ3) is 8.18. The molecule has 3 heterocycles. The molecule has 5 N–H and O–H groups in total. The number of sulfonamides is 1. The Morgan fingerprint density at radius 1 is 1.02 bits per heavy atom. The van der Waals surface area contributed by atoms with Gasteiger partial charge in [-0.05, 0) is 96.1 Å². The molecule has 2 atom stereocenters. The first-order valence-electron chi connectivity index (χ1n) is 16.3. The number of hydrogen-bond acceptors (Lipinski definition) is 10.